The Labute approximate surface area is 170 Å². The van der Waals surface area contributed by atoms with Crippen LogP contribution in [0.5, 0.6) is 0 Å². The van der Waals surface area contributed by atoms with E-state index < -0.39 is 34.1 Å². The lowest BCUT2D eigenvalue weighted by molar-refractivity contribution is -0.148. The van der Waals surface area contributed by atoms with E-state index in [9.17, 15) is 22.8 Å². The maximum atomic E-state index is 11.6. The van der Waals surface area contributed by atoms with Crippen molar-refractivity contribution in [1.29, 1.82) is 0 Å². The minimum absolute atomic E-state index is 0.0666. The smallest absolute Gasteiger partial charge is 0.404 e. The number of nitrogens with zero attached hydrogens (tertiary/aromatic N) is 1. The van der Waals surface area contributed by atoms with Gasteiger partial charge in [0.05, 0.1) is 4.90 Å². The molecule has 0 aromatic heterocycles. The molecular weight excluding hydrogens is 426 g/mol. The van der Waals surface area contributed by atoms with Crippen molar-refractivity contribution in [3.63, 3.8) is 0 Å². The van der Waals surface area contributed by atoms with Gasteiger partial charge in [0.1, 0.15) is 23.7 Å². The Morgan fingerprint density at radius 2 is 1.90 bits per heavy atom. The molecule has 2 aliphatic heterocycles. The standard InChI is InChI=1S/C9H11N3O5S.C7H8O3S/c10-4-6(13)12-5(8(14)15)3(1-17-9(11)16)2-18-7(4)12;1-6-2-4-7(5-3-6)11(8,9)10/h4,7H,1-2,10H2,(H2,11,16)(H,14,15);2-5H,1H3,(H,8,9,10)/t4-,7-;/m1./s1. The van der Waals surface area contributed by atoms with Gasteiger partial charge in [-0.05, 0) is 19.1 Å². The Balaban J connectivity index is 0.000000234. The van der Waals surface area contributed by atoms with Crippen LogP contribution in [0.2, 0.25) is 0 Å². The molecule has 0 radical (unpaired) electrons. The summed E-state index contributed by atoms with van der Waals surface area (Å²) in [4.78, 5) is 34.3. The largest absolute Gasteiger partial charge is 0.477 e. The molecule has 1 fully saturated rings. The molecule has 1 saturated heterocycles. The lowest BCUT2D eigenvalue weighted by atomic mass is 10.0. The van der Waals surface area contributed by atoms with Crippen molar-refractivity contribution >= 4 is 39.8 Å². The lowest BCUT2D eigenvalue weighted by Crippen LogP contribution is -2.68. The zero-order valence-electron chi connectivity index (χ0n) is 15.1. The fourth-order valence-electron chi connectivity index (χ4n) is 2.56. The maximum Gasteiger partial charge on any atom is 0.404 e. The molecule has 2 aliphatic rings. The fraction of sp³-hybridized carbons (Fsp3) is 0.312. The topological polar surface area (TPSA) is 190 Å². The molecule has 1 aromatic rings. The molecule has 2 heterocycles. The van der Waals surface area contributed by atoms with Gasteiger partial charge in [-0.1, -0.05) is 17.7 Å². The number of fused-ring (bicyclic) bond motifs is 1. The van der Waals surface area contributed by atoms with E-state index in [4.69, 9.17) is 21.1 Å². The number of β-lactam (4-membered cyclic amide) rings is 1. The van der Waals surface area contributed by atoms with Crippen LogP contribution in [0.15, 0.2) is 40.4 Å². The van der Waals surface area contributed by atoms with Gasteiger partial charge in [0.25, 0.3) is 10.1 Å². The highest BCUT2D eigenvalue weighted by Crippen LogP contribution is 2.39. The van der Waals surface area contributed by atoms with Gasteiger partial charge in [-0.15, -0.1) is 11.8 Å². The highest BCUT2D eigenvalue weighted by molar-refractivity contribution is 8.00. The van der Waals surface area contributed by atoms with Crippen LogP contribution >= 0.6 is 11.8 Å². The van der Waals surface area contributed by atoms with Crippen LogP contribution in [0.25, 0.3) is 0 Å². The molecule has 0 aliphatic carbocycles. The lowest BCUT2D eigenvalue weighted by Gasteiger charge is -2.47. The Morgan fingerprint density at radius 3 is 2.38 bits per heavy atom. The first-order chi connectivity index (χ1) is 13.4. The zero-order valence-corrected chi connectivity index (χ0v) is 16.8. The maximum absolute atomic E-state index is 11.6. The van der Waals surface area contributed by atoms with Gasteiger partial charge in [-0.2, -0.15) is 8.42 Å². The fourth-order valence-corrected chi connectivity index (χ4v) is 4.31. The minimum atomic E-state index is -4.02. The first-order valence-corrected chi connectivity index (χ1v) is 10.5. The van der Waals surface area contributed by atoms with Crippen LogP contribution in [-0.2, 0) is 24.4 Å². The average Bonchev–Trinajstić information content (AvgIpc) is 2.64. The van der Waals surface area contributed by atoms with E-state index in [1.165, 1.54) is 23.9 Å². The summed E-state index contributed by atoms with van der Waals surface area (Å²) in [6.45, 7) is 1.60. The van der Waals surface area contributed by atoms with Gasteiger partial charge < -0.3 is 21.3 Å². The predicted octanol–water partition coefficient (Wildman–Crippen LogP) is -0.0955. The minimum Gasteiger partial charge on any atom is -0.477 e. The molecule has 2 amide bonds. The number of aryl methyl sites for hydroxylation is 1. The SMILES string of the molecule is Cc1ccc(S(=O)(=O)O)cc1.NC(=O)OCC1=C(C(=O)O)N2C(=O)[C@@H](N)[C@H]2SC1. The molecule has 2 atom stereocenters. The first kappa shape index (κ1) is 22.7. The Bertz CT molecular complexity index is 959. The molecule has 3 rings (SSSR count). The Kier molecular flexibility index (Phi) is 6.89. The van der Waals surface area contributed by atoms with Crippen LogP contribution in [0.1, 0.15) is 5.56 Å². The number of thioether (sulfide) groups is 1. The molecule has 0 unspecified atom stereocenters. The third-order valence-electron chi connectivity index (χ3n) is 4.00. The highest BCUT2D eigenvalue weighted by atomic mass is 32.2. The number of aliphatic carboxylic acids is 1. The number of carbonyl (C=O) groups is 3. The van der Waals surface area contributed by atoms with Crippen molar-refractivity contribution < 1.29 is 37.2 Å². The van der Waals surface area contributed by atoms with Crippen molar-refractivity contribution in [2.75, 3.05) is 12.4 Å². The van der Waals surface area contributed by atoms with Crippen LogP contribution in [0.3, 0.4) is 0 Å². The number of carbonyl (C=O) groups excluding carboxylic acids is 2. The second-order valence-electron chi connectivity index (χ2n) is 6.09. The van der Waals surface area contributed by atoms with E-state index >= 15 is 0 Å². The van der Waals surface area contributed by atoms with Crippen LogP contribution in [0.4, 0.5) is 4.79 Å². The summed E-state index contributed by atoms with van der Waals surface area (Å²) in [5, 5.41) is 8.77. The van der Waals surface area contributed by atoms with E-state index in [-0.39, 0.29) is 22.6 Å². The number of primary amides is 1. The highest BCUT2D eigenvalue weighted by Gasteiger charge is 2.51. The third kappa shape index (κ3) is 5.26. The van der Waals surface area contributed by atoms with Gasteiger partial charge in [0, 0.05) is 11.3 Å². The van der Waals surface area contributed by atoms with Gasteiger partial charge in [-0.3, -0.25) is 14.2 Å². The quantitative estimate of drug-likeness (QED) is 0.359. The van der Waals surface area contributed by atoms with Crippen molar-refractivity contribution in [2.24, 2.45) is 11.5 Å². The van der Waals surface area contributed by atoms with Gasteiger partial charge in [-0.25, -0.2) is 9.59 Å². The summed E-state index contributed by atoms with van der Waals surface area (Å²) < 4.78 is 34.1. The number of hydrogen-bond acceptors (Lipinski definition) is 8. The van der Waals surface area contributed by atoms with E-state index in [1.807, 2.05) is 6.92 Å². The van der Waals surface area contributed by atoms with Crippen molar-refractivity contribution in [2.45, 2.75) is 23.2 Å². The van der Waals surface area contributed by atoms with Crippen molar-refractivity contribution in [1.82, 2.24) is 4.90 Å². The van der Waals surface area contributed by atoms with E-state index in [0.29, 0.717) is 11.3 Å². The number of carboxylic acid groups (broad SMARTS) is 1. The average molecular weight is 445 g/mol. The summed E-state index contributed by atoms with van der Waals surface area (Å²) >= 11 is 1.33. The van der Waals surface area contributed by atoms with Crippen LogP contribution in [-0.4, -0.2) is 64.7 Å². The summed E-state index contributed by atoms with van der Waals surface area (Å²) in [5.74, 6) is -1.36. The van der Waals surface area contributed by atoms with E-state index in [2.05, 4.69) is 4.74 Å². The van der Waals surface area contributed by atoms with Gasteiger partial charge in [0.15, 0.2) is 0 Å². The summed E-state index contributed by atoms with van der Waals surface area (Å²) in [6.07, 6.45) is -0.994. The molecule has 13 heteroatoms. The van der Waals surface area contributed by atoms with Crippen molar-refractivity contribution in [3.8, 4) is 0 Å². The van der Waals surface area contributed by atoms with Crippen LogP contribution < -0.4 is 11.5 Å². The summed E-state index contributed by atoms with van der Waals surface area (Å²) in [6, 6.07) is 5.31. The molecule has 6 N–H and O–H groups in total. The molecule has 0 bridgehead atoms. The Morgan fingerprint density at radius 1 is 1.31 bits per heavy atom. The van der Waals surface area contributed by atoms with E-state index in [0.717, 1.165) is 10.5 Å². The normalized spacial score (nSPS) is 20.8. The predicted molar refractivity (Wildman–Crippen MR) is 102 cm³/mol. The molecule has 0 spiro atoms. The monoisotopic (exact) mass is 445 g/mol. The number of nitrogens with two attached hydrogens (primary N) is 2. The molecule has 0 saturated carbocycles. The van der Waals surface area contributed by atoms with Crippen LogP contribution in [0, 0.1) is 6.92 Å². The molecular formula is C16H19N3O8S2. The van der Waals surface area contributed by atoms with Crippen molar-refractivity contribution in [3.05, 3.63) is 41.1 Å². The number of carboxylic acids is 1. The van der Waals surface area contributed by atoms with Gasteiger partial charge in [0.2, 0.25) is 5.91 Å². The number of ether oxygens (including phenoxy) is 1. The second kappa shape index (κ2) is 8.82. The number of hydrogen-bond donors (Lipinski definition) is 4. The second-order valence-corrected chi connectivity index (χ2v) is 8.62. The van der Waals surface area contributed by atoms with Gasteiger partial charge >= 0.3 is 12.1 Å². The molecule has 1 aromatic carbocycles. The number of amides is 2. The molecule has 11 nitrogen and oxygen atoms in total. The first-order valence-electron chi connectivity index (χ1n) is 8.05. The van der Waals surface area contributed by atoms with E-state index in [1.54, 1.807) is 12.1 Å². The molecule has 29 heavy (non-hydrogen) atoms. The third-order valence-corrected chi connectivity index (χ3v) is 6.23. The number of benzene rings is 1. The summed E-state index contributed by atoms with van der Waals surface area (Å²) in [5.41, 5.74) is 11.5. The molecule has 158 valence electrons. The number of rotatable bonds is 4. The summed E-state index contributed by atoms with van der Waals surface area (Å²) in [7, 11) is -4.02. The Hall–Kier alpha value is -2.61. The zero-order chi connectivity index (χ0) is 21.9.